The number of nitrogens with zero attached hydrogens (tertiary/aromatic N) is 3. The lowest BCUT2D eigenvalue weighted by Gasteiger charge is -2.34. The first-order valence-corrected chi connectivity index (χ1v) is 10.9. The van der Waals surface area contributed by atoms with E-state index < -0.39 is 0 Å². The Kier molecular flexibility index (Phi) is 8.52. The average Bonchev–Trinajstić information content (AvgIpc) is 3.05. The molecule has 158 valence electrons. The maximum Gasteiger partial charge on any atom is 0.229 e. The molecular weight excluding hydrogens is 388 g/mol. The third-order valence-corrected chi connectivity index (χ3v) is 5.77. The van der Waals surface area contributed by atoms with Crippen LogP contribution in [0.5, 0.6) is 0 Å². The molecule has 1 aromatic carbocycles. The van der Waals surface area contributed by atoms with Crippen molar-refractivity contribution in [1.82, 2.24) is 20.3 Å². The molecule has 3 rings (SSSR count). The second-order valence-corrected chi connectivity index (χ2v) is 8.02. The van der Waals surface area contributed by atoms with E-state index in [1.807, 2.05) is 6.92 Å². The Balaban J connectivity index is 1.22. The monoisotopic (exact) mass is 418 g/mol. The highest BCUT2D eigenvalue weighted by Gasteiger charge is 2.16. The fourth-order valence-corrected chi connectivity index (χ4v) is 3.93. The van der Waals surface area contributed by atoms with Gasteiger partial charge in [0, 0.05) is 51.3 Å². The van der Waals surface area contributed by atoms with Crippen molar-refractivity contribution in [3.8, 4) is 0 Å². The van der Waals surface area contributed by atoms with Gasteiger partial charge in [0.2, 0.25) is 11.1 Å². The van der Waals surface area contributed by atoms with Crippen molar-refractivity contribution in [2.45, 2.75) is 39.2 Å². The predicted octanol–water partition coefficient (Wildman–Crippen LogP) is 3.28. The van der Waals surface area contributed by atoms with E-state index in [0.717, 1.165) is 69.9 Å². The number of carbonyl (C=O) groups is 1. The van der Waals surface area contributed by atoms with Crippen LogP contribution < -0.4 is 5.32 Å². The first-order chi connectivity index (χ1) is 14.1. The van der Waals surface area contributed by atoms with Gasteiger partial charge in [-0.15, -0.1) is 0 Å². The number of unbranched alkanes of at least 4 members (excludes halogenated alkanes) is 1. The van der Waals surface area contributed by atoms with Gasteiger partial charge in [-0.3, -0.25) is 9.69 Å². The van der Waals surface area contributed by atoms with Crippen LogP contribution in [0.25, 0.3) is 0 Å². The van der Waals surface area contributed by atoms with Crippen molar-refractivity contribution in [3.05, 3.63) is 52.4 Å². The van der Waals surface area contributed by atoms with Crippen molar-refractivity contribution in [2.24, 2.45) is 0 Å². The van der Waals surface area contributed by atoms with E-state index in [1.54, 1.807) is 0 Å². The third kappa shape index (κ3) is 7.14. The number of benzene rings is 1. The van der Waals surface area contributed by atoms with E-state index in [0.29, 0.717) is 18.1 Å². The van der Waals surface area contributed by atoms with Gasteiger partial charge >= 0.3 is 0 Å². The smallest absolute Gasteiger partial charge is 0.229 e. The molecule has 1 aliphatic rings. The summed E-state index contributed by atoms with van der Waals surface area (Å²) in [5.74, 6) is 0.0520. The minimum absolute atomic E-state index is 0.0520. The molecule has 1 N–H and O–H groups in total. The molecule has 6 nitrogen and oxygen atoms in total. The summed E-state index contributed by atoms with van der Waals surface area (Å²) in [6.45, 7) is 9.20. The second-order valence-electron chi connectivity index (χ2n) is 7.68. The van der Waals surface area contributed by atoms with Gasteiger partial charge in [-0.25, -0.2) is 0 Å². The van der Waals surface area contributed by atoms with Crippen molar-refractivity contribution < 1.29 is 9.32 Å². The number of aryl methyl sites for hydroxylation is 1. The lowest BCUT2D eigenvalue weighted by atomic mass is 10.1. The number of piperazine rings is 1. The Labute approximate surface area is 178 Å². The van der Waals surface area contributed by atoms with E-state index in [-0.39, 0.29) is 5.91 Å². The maximum atomic E-state index is 12.0. The number of aromatic nitrogens is 1. The molecule has 2 aromatic rings. The van der Waals surface area contributed by atoms with Gasteiger partial charge in [-0.2, -0.15) is 0 Å². The van der Waals surface area contributed by atoms with Crippen LogP contribution in [-0.2, 0) is 17.8 Å². The standard InChI is InChI=1S/C22H31ClN4O2/c1-18-20(22(23)29-25-18)9-10-21(28)24-11-5-6-12-26-13-15-27(16-14-26)17-19-7-3-2-4-8-19/h2-4,7-8H,5-6,9-17H2,1H3,(H,24,28). The average molecular weight is 419 g/mol. The molecule has 0 spiro atoms. The second kappa shape index (κ2) is 11.3. The summed E-state index contributed by atoms with van der Waals surface area (Å²) in [5, 5.41) is 7.09. The van der Waals surface area contributed by atoms with Crippen LogP contribution in [0.15, 0.2) is 34.9 Å². The van der Waals surface area contributed by atoms with E-state index in [2.05, 4.69) is 50.6 Å². The summed E-state index contributed by atoms with van der Waals surface area (Å²) in [6, 6.07) is 10.7. The fraction of sp³-hybridized carbons (Fsp3) is 0.545. The zero-order valence-electron chi connectivity index (χ0n) is 17.2. The first kappa shape index (κ1) is 21.8. The van der Waals surface area contributed by atoms with Crippen molar-refractivity contribution in [2.75, 3.05) is 39.3 Å². The summed E-state index contributed by atoms with van der Waals surface area (Å²) in [7, 11) is 0. The van der Waals surface area contributed by atoms with Gasteiger partial charge in [0.05, 0.1) is 5.69 Å². The van der Waals surface area contributed by atoms with E-state index in [1.165, 1.54) is 5.56 Å². The molecular formula is C22H31ClN4O2. The van der Waals surface area contributed by atoms with Gasteiger partial charge in [0.15, 0.2) is 0 Å². The number of amides is 1. The largest absolute Gasteiger partial charge is 0.356 e. The van der Waals surface area contributed by atoms with Gasteiger partial charge in [0.1, 0.15) is 0 Å². The molecule has 0 aliphatic carbocycles. The minimum atomic E-state index is 0.0520. The number of rotatable bonds is 10. The number of hydrogen-bond acceptors (Lipinski definition) is 5. The van der Waals surface area contributed by atoms with Gasteiger partial charge in [0.25, 0.3) is 0 Å². The first-order valence-electron chi connectivity index (χ1n) is 10.5. The molecule has 0 saturated carbocycles. The minimum Gasteiger partial charge on any atom is -0.356 e. The Morgan fingerprint density at radius 2 is 1.86 bits per heavy atom. The highest BCUT2D eigenvalue weighted by Crippen LogP contribution is 2.20. The quantitative estimate of drug-likeness (QED) is 0.600. The number of nitrogens with one attached hydrogen (secondary N) is 1. The van der Waals surface area contributed by atoms with Crippen LogP contribution in [0.2, 0.25) is 5.22 Å². The molecule has 0 bridgehead atoms. The highest BCUT2D eigenvalue weighted by atomic mass is 35.5. The molecule has 0 unspecified atom stereocenters. The molecule has 7 heteroatoms. The van der Waals surface area contributed by atoms with Gasteiger partial charge in [-0.1, -0.05) is 35.5 Å². The molecule has 0 atom stereocenters. The molecule has 1 saturated heterocycles. The van der Waals surface area contributed by atoms with E-state index in [9.17, 15) is 4.79 Å². The summed E-state index contributed by atoms with van der Waals surface area (Å²) in [6.07, 6.45) is 3.08. The van der Waals surface area contributed by atoms with Crippen LogP contribution in [0.3, 0.4) is 0 Å². The number of carbonyl (C=O) groups excluding carboxylic acids is 1. The third-order valence-electron chi connectivity index (χ3n) is 5.48. The van der Waals surface area contributed by atoms with Gasteiger partial charge in [-0.05, 0) is 49.9 Å². The normalized spacial score (nSPS) is 15.5. The molecule has 1 aromatic heterocycles. The summed E-state index contributed by atoms with van der Waals surface area (Å²) < 4.78 is 4.91. The van der Waals surface area contributed by atoms with Crippen LogP contribution in [0, 0.1) is 6.92 Å². The zero-order valence-corrected chi connectivity index (χ0v) is 18.0. The molecule has 1 fully saturated rings. The molecule has 1 amide bonds. The molecule has 29 heavy (non-hydrogen) atoms. The van der Waals surface area contributed by atoms with Crippen molar-refractivity contribution >= 4 is 17.5 Å². The predicted molar refractivity (Wildman–Crippen MR) is 115 cm³/mol. The number of hydrogen-bond donors (Lipinski definition) is 1. The molecule has 0 radical (unpaired) electrons. The van der Waals surface area contributed by atoms with Crippen LogP contribution >= 0.6 is 11.6 Å². The summed E-state index contributed by atoms with van der Waals surface area (Å²) in [5.41, 5.74) is 2.97. The summed E-state index contributed by atoms with van der Waals surface area (Å²) >= 11 is 5.93. The fourth-order valence-electron chi connectivity index (χ4n) is 3.67. The number of halogens is 1. The Bertz CT molecular complexity index is 738. The van der Waals surface area contributed by atoms with E-state index in [4.69, 9.17) is 16.1 Å². The van der Waals surface area contributed by atoms with Crippen molar-refractivity contribution in [3.63, 3.8) is 0 Å². The lowest BCUT2D eigenvalue weighted by molar-refractivity contribution is -0.121. The van der Waals surface area contributed by atoms with Crippen molar-refractivity contribution in [1.29, 1.82) is 0 Å². The Morgan fingerprint density at radius 3 is 2.55 bits per heavy atom. The Morgan fingerprint density at radius 1 is 1.14 bits per heavy atom. The molecule has 1 aliphatic heterocycles. The van der Waals surface area contributed by atoms with E-state index >= 15 is 0 Å². The topological polar surface area (TPSA) is 61.6 Å². The molecule has 2 heterocycles. The Hall–Kier alpha value is -1.89. The van der Waals surface area contributed by atoms with Gasteiger partial charge < -0.3 is 14.7 Å². The van der Waals surface area contributed by atoms with Crippen LogP contribution in [-0.4, -0.2) is 60.1 Å². The summed E-state index contributed by atoms with van der Waals surface area (Å²) in [4.78, 5) is 17.0. The maximum absolute atomic E-state index is 12.0. The van der Waals surface area contributed by atoms with Crippen LogP contribution in [0.4, 0.5) is 0 Å². The van der Waals surface area contributed by atoms with Crippen LogP contribution in [0.1, 0.15) is 36.1 Å². The highest BCUT2D eigenvalue weighted by molar-refractivity contribution is 6.29. The zero-order chi connectivity index (χ0) is 20.5. The SMILES string of the molecule is Cc1noc(Cl)c1CCC(=O)NCCCCN1CCN(Cc2ccccc2)CC1. The lowest BCUT2D eigenvalue weighted by Crippen LogP contribution is -2.46.